The molecule has 0 amide bonds. The van der Waals surface area contributed by atoms with Crippen molar-refractivity contribution in [3.05, 3.63) is 57.8 Å². The lowest BCUT2D eigenvalue weighted by molar-refractivity contribution is 0.486. The summed E-state index contributed by atoms with van der Waals surface area (Å²) in [5.74, 6) is 0.940. The van der Waals surface area contributed by atoms with Crippen molar-refractivity contribution in [2.24, 2.45) is 4.99 Å². The van der Waals surface area contributed by atoms with E-state index >= 15 is 0 Å². The first-order valence-corrected chi connectivity index (χ1v) is 8.07. The van der Waals surface area contributed by atoms with Gasteiger partial charge in [0.05, 0.1) is 0 Å². The van der Waals surface area contributed by atoms with Crippen molar-refractivity contribution in [3.63, 3.8) is 0 Å². The fraction of sp³-hybridized carbons (Fsp3) is 0.353. The lowest BCUT2D eigenvalue weighted by Gasteiger charge is -2.22. The molecule has 0 saturated carbocycles. The van der Waals surface area contributed by atoms with E-state index in [-0.39, 0.29) is 24.0 Å². The molecule has 1 aromatic heterocycles. The maximum absolute atomic E-state index is 4.37. The van der Waals surface area contributed by atoms with Crippen LogP contribution in [0.4, 0.5) is 0 Å². The highest BCUT2D eigenvalue weighted by atomic mass is 127. The van der Waals surface area contributed by atoms with Gasteiger partial charge in [-0.1, -0.05) is 30.3 Å². The zero-order valence-electron chi connectivity index (χ0n) is 13.4. The number of hydrogen-bond donors (Lipinski definition) is 1. The van der Waals surface area contributed by atoms with Crippen LogP contribution in [0.3, 0.4) is 0 Å². The predicted octanol–water partition coefficient (Wildman–Crippen LogP) is 3.92. The molecule has 0 aliphatic rings. The molecule has 0 aliphatic heterocycles. The zero-order chi connectivity index (χ0) is 15.1. The Hall–Kier alpha value is -1.08. The summed E-state index contributed by atoms with van der Waals surface area (Å²) in [6, 6.07) is 12.7. The van der Waals surface area contributed by atoms with E-state index in [1.807, 2.05) is 18.4 Å². The average molecular weight is 429 g/mol. The minimum Gasteiger partial charge on any atom is -0.352 e. The summed E-state index contributed by atoms with van der Waals surface area (Å²) in [6.45, 7) is 3.91. The molecule has 0 fully saturated rings. The van der Waals surface area contributed by atoms with Crippen molar-refractivity contribution in [2.45, 2.75) is 19.9 Å². The van der Waals surface area contributed by atoms with E-state index in [9.17, 15) is 0 Å². The van der Waals surface area contributed by atoms with Gasteiger partial charge in [-0.15, -0.1) is 35.3 Å². The number of halogens is 1. The minimum absolute atomic E-state index is 0. The quantitative estimate of drug-likeness (QED) is 0.443. The number of hydrogen-bond acceptors (Lipinski definition) is 2. The van der Waals surface area contributed by atoms with Crippen molar-refractivity contribution in [1.82, 2.24) is 10.2 Å². The highest BCUT2D eigenvalue weighted by molar-refractivity contribution is 14.0. The third-order valence-corrected chi connectivity index (χ3v) is 4.48. The lowest BCUT2D eigenvalue weighted by Crippen LogP contribution is -2.39. The fourth-order valence-corrected chi connectivity index (χ4v) is 2.90. The van der Waals surface area contributed by atoms with Crippen LogP contribution < -0.4 is 5.32 Å². The van der Waals surface area contributed by atoms with Gasteiger partial charge in [0, 0.05) is 32.1 Å². The van der Waals surface area contributed by atoms with Crippen molar-refractivity contribution < 1.29 is 0 Å². The molecular weight excluding hydrogens is 405 g/mol. The smallest absolute Gasteiger partial charge is 0.193 e. The molecule has 0 radical (unpaired) electrons. The van der Waals surface area contributed by atoms with E-state index in [1.165, 1.54) is 16.0 Å². The molecule has 22 heavy (non-hydrogen) atoms. The van der Waals surface area contributed by atoms with Gasteiger partial charge in [0.15, 0.2) is 5.96 Å². The SMILES string of the molecule is CN=C(NCc1ccccc1C)N(C)CCc1cccs1.I. The van der Waals surface area contributed by atoms with Gasteiger partial charge >= 0.3 is 0 Å². The van der Waals surface area contributed by atoms with E-state index in [0.29, 0.717) is 0 Å². The molecule has 120 valence electrons. The van der Waals surface area contributed by atoms with Crippen LogP contribution in [0.2, 0.25) is 0 Å². The molecule has 0 unspecified atom stereocenters. The van der Waals surface area contributed by atoms with E-state index in [4.69, 9.17) is 0 Å². The number of likely N-dealkylation sites (N-methyl/N-ethyl adjacent to an activating group) is 1. The molecule has 0 bridgehead atoms. The molecule has 0 saturated heterocycles. The number of nitrogens with one attached hydrogen (secondary N) is 1. The average Bonchev–Trinajstić information content (AvgIpc) is 3.01. The highest BCUT2D eigenvalue weighted by Crippen LogP contribution is 2.10. The second-order valence-electron chi connectivity index (χ2n) is 5.08. The number of nitrogens with zero attached hydrogens (tertiary/aromatic N) is 2. The molecule has 1 N–H and O–H groups in total. The van der Waals surface area contributed by atoms with E-state index in [0.717, 1.165) is 25.5 Å². The van der Waals surface area contributed by atoms with Gasteiger partial charge in [0.25, 0.3) is 0 Å². The molecule has 2 rings (SSSR count). The molecule has 1 heterocycles. The largest absolute Gasteiger partial charge is 0.352 e. The molecule has 5 heteroatoms. The monoisotopic (exact) mass is 429 g/mol. The van der Waals surface area contributed by atoms with Crippen LogP contribution in [0, 0.1) is 6.92 Å². The Morgan fingerprint density at radius 2 is 2.00 bits per heavy atom. The van der Waals surface area contributed by atoms with Crippen LogP contribution in [-0.2, 0) is 13.0 Å². The van der Waals surface area contributed by atoms with E-state index < -0.39 is 0 Å². The van der Waals surface area contributed by atoms with Gasteiger partial charge in [-0.2, -0.15) is 0 Å². The Balaban J connectivity index is 0.00000242. The molecule has 2 aromatic rings. The van der Waals surface area contributed by atoms with Gasteiger partial charge < -0.3 is 10.2 Å². The van der Waals surface area contributed by atoms with Gasteiger partial charge in [-0.25, -0.2) is 0 Å². The van der Waals surface area contributed by atoms with Crippen LogP contribution in [0.5, 0.6) is 0 Å². The van der Waals surface area contributed by atoms with Crippen molar-refractivity contribution >= 4 is 41.3 Å². The molecule has 1 aromatic carbocycles. The van der Waals surface area contributed by atoms with Gasteiger partial charge in [-0.3, -0.25) is 4.99 Å². The number of aliphatic imine (C=N–C) groups is 1. The van der Waals surface area contributed by atoms with E-state index in [2.05, 4.69) is 71.0 Å². The number of guanidine groups is 1. The number of thiophene rings is 1. The third kappa shape index (κ3) is 5.61. The summed E-state index contributed by atoms with van der Waals surface area (Å²) in [6.07, 6.45) is 1.05. The van der Waals surface area contributed by atoms with Crippen molar-refractivity contribution in [1.29, 1.82) is 0 Å². The van der Waals surface area contributed by atoms with Gasteiger partial charge in [0.2, 0.25) is 0 Å². The summed E-state index contributed by atoms with van der Waals surface area (Å²) in [5.41, 5.74) is 2.62. The van der Waals surface area contributed by atoms with E-state index in [1.54, 1.807) is 0 Å². The predicted molar refractivity (Wildman–Crippen MR) is 107 cm³/mol. The summed E-state index contributed by atoms with van der Waals surface area (Å²) < 4.78 is 0. The van der Waals surface area contributed by atoms with Crippen LogP contribution in [-0.4, -0.2) is 31.5 Å². The minimum atomic E-state index is 0. The normalized spacial score (nSPS) is 11.0. The Bertz CT molecular complexity index is 581. The Kier molecular flexibility index (Phi) is 8.48. The summed E-state index contributed by atoms with van der Waals surface area (Å²) >= 11 is 1.81. The highest BCUT2D eigenvalue weighted by Gasteiger charge is 2.06. The van der Waals surface area contributed by atoms with Crippen molar-refractivity contribution in [2.75, 3.05) is 20.6 Å². The first-order valence-electron chi connectivity index (χ1n) is 7.19. The maximum Gasteiger partial charge on any atom is 0.193 e. The molecular formula is C17H24IN3S. The van der Waals surface area contributed by atoms with Gasteiger partial charge in [0.1, 0.15) is 0 Å². The second kappa shape index (κ2) is 9.84. The van der Waals surface area contributed by atoms with Crippen molar-refractivity contribution in [3.8, 4) is 0 Å². The Labute approximate surface area is 154 Å². The summed E-state index contributed by atoms with van der Waals surface area (Å²) in [4.78, 5) is 7.96. The first-order chi connectivity index (χ1) is 10.2. The summed E-state index contributed by atoms with van der Waals surface area (Å²) in [7, 11) is 3.92. The maximum atomic E-state index is 4.37. The molecule has 0 spiro atoms. The molecule has 0 atom stereocenters. The standard InChI is InChI=1S/C17H23N3S.HI/c1-14-7-4-5-8-15(14)13-19-17(18-2)20(3)11-10-16-9-6-12-21-16;/h4-9,12H,10-11,13H2,1-3H3,(H,18,19);1H. The first kappa shape index (κ1) is 19.0. The van der Waals surface area contributed by atoms with Crippen LogP contribution in [0.1, 0.15) is 16.0 Å². The topological polar surface area (TPSA) is 27.6 Å². The lowest BCUT2D eigenvalue weighted by atomic mass is 10.1. The fourth-order valence-electron chi connectivity index (χ4n) is 2.21. The number of rotatable bonds is 5. The van der Waals surface area contributed by atoms with Crippen LogP contribution in [0.25, 0.3) is 0 Å². The molecule has 0 aliphatic carbocycles. The Morgan fingerprint density at radius 1 is 1.23 bits per heavy atom. The van der Waals surface area contributed by atoms with Gasteiger partial charge in [-0.05, 0) is 35.9 Å². The number of benzene rings is 1. The third-order valence-electron chi connectivity index (χ3n) is 3.55. The number of aryl methyl sites for hydroxylation is 1. The molecule has 3 nitrogen and oxygen atoms in total. The Morgan fingerprint density at radius 3 is 2.64 bits per heavy atom. The van der Waals surface area contributed by atoms with Crippen LogP contribution in [0.15, 0.2) is 46.8 Å². The second-order valence-corrected chi connectivity index (χ2v) is 6.11. The zero-order valence-corrected chi connectivity index (χ0v) is 16.5. The summed E-state index contributed by atoms with van der Waals surface area (Å²) in [5, 5.41) is 5.56. The van der Waals surface area contributed by atoms with Crippen LogP contribution >= 0.6 is 35.3 Å².